The largest absolute Gasteiger partial charge is 0.353 e. The maximum atomic E-state index is 12.8. The molecule has 3 saturated carbocycles. The first-order chi connectivity index (χ1) is 11.8. The fourth-order valence-electron chi connectivity index (χ4n) is 5.55. The number of nitrogens with zero attached hydrogens (tertiary/aromatic N) is 1. The summed E-state index contributed by atoms with van der Waals surface area (Å²) in [6.45, 7) is 8.51. The summed E-state index contributed by atoms with van der Waals surface area (Å²) in [5.74, 6) is 1.02. The summed E-state index contributed by atoms with van der Waals surface area (Å²) in [5.41, 5.74) is 0.536. The van der Waals surface area contributed by atoms with E-state index in [0.29, 0.717) is 30.6 Å². The van der Waals surface area contributed by atoms with Gasteiger partial charge in [-0.2, -0.15) is 0 Å². The summed E-state index contributed by atoms with van der Waals surface area (Å²) in [4.78, 5) is 26.9. The van der Waals surface area contributed by atoms with Crippen LogP contribution < -0.4 is 10.6 Å². The van der Waals surface area contributed by atoms with Crippen molar-refractivity contribution in [1.82, 2.24) is 15.5 Å². The van der Waals surface area contributed by atoms with Crippen molar-refractivity contribution in [3.05, 3.63) is 0 Å². The van der Waals surface area contributed by atoms with Gasteiger partial charge in [-0.15, -0.1) is 0 Å². The minimum atomic E-state index is 0.0793. The molecule has 4 fully saturated rings. The molecule has 0 radical (unpaired) electrons. The molecule has 1 saturated heterocycles. The van der Waals surface area contributed by atoms with Gasteiger partial charge in [0.05, 0.1) is 0 Å². The Hall–Kier alpha value is -1.26. The van der Waals surface area contributed by atoms with Crippen LogP contribution in [0.15, 0.2) is 0 Å². The van der Waals surface area contributed by atoms with Gasteiger partial charge in [0, 0.05) is 31.1 Å². The van der Waals surface area contributed by atoms with Crippen LogP contribution in [0.25, 0.3) is 0 Å². The van der Waals surface area contributed by atoms with Crippen molar-refractivity contribution < 1.29 is 9.59 Å². The molecule has 2 N–H and O–H groups in total. The molecule has 5 nitrogen and oxygen atoms in total. The molecule has 0 aromatic carbocycles. The third kappa shape index (κ3) is 2.83. The number of carbonyl (C=O) groups is 2. The summed E-state index contributed by atoms with van der Waals surface area (Å²) in [5, 5.41) is 6.45. The SMILES string of the molecule is CC1(C)[C@H]2CC[C@@]1(C)[C@H](NC(=O)N1CCC(C(=O)NC3CC3)CC1)C2. The van der Waals surface area contributed by atoms with Crippen molar-refractivity contribution in [1.29, 1.82) is 0 Å². The van der Waals surface area contributed by atoms with E-state index >= 15 is 0 Å². The third-order valence-corrected chi connectivity index (χ3v) is 8.17. The zero-order valence-electron chi connectivity index (χ0n) is 15.9. The Bertz CT molecular complexity index is 563. The first kappa shape index (κ1) is 17.2. The van der Waals surface area contributed by atoms with Crippen LogP contribution in [-0.2, 0) is 4.79 Å². The van der Waals surface area contributed by atoms with Crippen molar-refractivity contribution in [2.24, 2.45) is 22.7 Å². The predicted molar refractivity (Wildman–Crippen MR) is 97.0 cm³/mol. The highest BCUT2D eigenvalue weighted by molar-refractivity contribution is 5.80. The molecule has 1 heterocycles. The van der Waals surface area contributed by atoms with E-state index in [0.717, 1.165) is 38.0 Å². The first-order valence-electron chi connectivity index (χ1n) is 10.2. The molecule has 0 aromatic heterocycles. The molecule has 3 aliphatic carbocycles. The molecule has 0 unspecified atom stereocenters. The van der Waals surface area contributed by atoms with E-state index in [4.69, 9.17) is 0 Å². The van der Waals surface area contributed by atoms with Crippen molar-refractivity contribution >= 4 is 11.9 Å². The molecule has 140 valence electrons. The third-order valence-electron chi connectivity index (χ3n) is 8.17. The molecule has 5 heteroatoms. The second-order valence-electron chi connectivity index (χ2n) is 9.66. The summed E-state index contributed by atoms with van der Waals surface area (Å²) < 4.78 is 0. The lowest BCUT2D eigenvalue weighted by Gasteiger charge is -2.40. The lowest BCUT2D eigenvalue weighted by atomic mass is 9.69. The molecular formula is C20H33N3O2. The van der Waals surface area contributed by atoms with Crippen LogP contribution in [0.5, 0.6) is 0 Å². The first-order valence-corrected chi connectivity index (χ1v) is 10.2. The number of carbonyl (C=O) groups excluding carboxylic acids is 2. The van der Waals surface area contributed by atoms with E-state index in [2.05, 4.69) is 31.4 Å². The Labute approximate surface area is 151 Å². The quantitative estimate of drug-likeness (QED) is 0.825. The fraction of sp³-hybridized carbons (Fsp3) is 0.900. The van der Waals surface area contributed by atoms with E-state index in [9.17, 15) is 9.59 Å². The van der Waals surface area contributed by atoms with Gasteiger partial charge in [0.1, 0.15) is 0 Å². The minimum absolute atomic E-state index is 0.0793. The van der Waals surface area contributed by atoms with E-state index in [1.807, 2.05) is 4.90 Å². The van der Waals surface area contributed by atoms with Gasteiger partial charge < -0.3 is 15.5 Å². The Balaban J connectivity index is 1.29. The van der Waals surface area contributed by atoms with Gasteiger partial charge in [0.25, 0.3) is 0 Å². The predicted octanol–water partition coefficient (Wildman–Crippen LogP) is 2.90. The number of likely N-dealkylation sites (tertiary alicyclic amines) is 1. The van der Waals surface area contributed by atoms with Crippen LogP contribution in [0.2, 0.25) is 0 Å². The Kier molecular flexibility index (Phi) is 4.04. The van der Waals surface area contributed by atoms with E-state index in [-0.39, 0.29) is 23.3 Å². The number of urea groups is 1. The molecular weight excluding hydrogens is 314 g/mol. The van der Waals surface area contributed by atoms with Gasteiger partial charge in [-0.25, -0.2) is 4.79 Å². The highest BCUT2D eigenvalue weighted by Crippen LogP contribution is 2.65. The molecule has 4 aliphatic rings. The smallest absolute Gasteiger partial charge is 0.317 e. The van der Waals surface area contributed by atoms with Gasteiger partial charge in [0.15, 0.2) is 0 Å². The average Bonchev–Trinajstić information content (AvgIpc) is 3.34. The Morgan fingerprint density at radius 2 is 1.64 bits per heavy atom. The molecule has 3 atom stereocenters. The molecule has 1 aliphatic heterocycles. The maximum Gasteiger partial charge on any atom is 0.317 e. The molecule has 2 bridgehead atoms. The van der Waals surface area contributed by atoms with Crippen LogP contribution in [-0.4, -0.2) is 42.0 Å². The minimum Gasteiger partial charge on any atom is -0.353 e. The van der Waals surface area contributed by atoms with Crippen LogP contribution in [0.3, 0.4) is 0 Å². The number of piperidine rings is 1. The highest BCUT2D eigenvalue weighted by atomic mass is 16.2. The monoisotopic (exact) mass is 347 g/mol. The van der Waals surface area contributed by atoms with Crippen LogP contribution in [0.4, 0.5) is 4.79 Å². The van der Waals surface area contributed by atoms with Crippen LogP contribution in [0, 0.1) is 22.7 Å². The van der Waals surface area contributed by atoms with E-state index in [1.54, 1.807) is 0 Å². The average molecular weight is 348 g/mol. The molecule has 25 heavy (non-hydrogen) atoms. The number of rotatable bonds is 3. The zero-order chi connectivity index (χ0) is 17.8. The summed E-state index contributed by atoms with van der Waals surface area (Å²) >= 11 is 0. The van der Waals surface area contributed by atoms with E-state index in [1.165, 1.54) is 12.8 Å². The Morgan fingerprint density at radius 3 is 2.16 bits per heavy atom. The highest BCUT2D eigenvalue weighted by Gasteiger charge is 2.61. The standard InChI is InChI=1S/C20H33N3O2/c1-19(2)14-6-9-20(19,3)16(12-14)22-18(25)23-10-7-13(8-11-23)17(24)21-15-4-5-15/h13-16H,4-12H2,1-3H3,(H,21,24)(H,22,25)/t14-,16+,20-/m0/s1. The van der Waals surface area contributed by atoms with Gasteiger partial charge in [-0.3, -0.25) is 4.79 Å². The van der Waals surface area contributed by atoms with Gasteiger partial charge in [0.2, 0.25) is 5.91 Å². The number of amides is 3. The van der Waals surface area contributed by atoms with Crippen LogP contribution >= 0.6 is 0 Å². The number of hydrogen-bond acceptors (Lipinski definition) is 2. The number of nitrogens with one attached hydrogen (secondary N) is 2. The molecule has 3 amide bonds. The number of hydrogen-bond donors (Lipinski definition) is 2. The van der Waals surface area contributed by atoms with Gasteiger partial charge in [-0.1, -0.05) is 20.8 Å². The summed E-state index contributed by atoms with van der Waals surface area (Å²) in [7, 11) is 0. The zero-order valence-corrected chi connectivity index (χ0v) is 15.9. The lowest BCUT2D eigenvalue weighted by molar-refractivity contribution is -0.126. The van der Waals surface area contributed by atoms with Crippen molar-refractivity contribution in [3.8, 4) is 0 Å². The molecule has 4 rings (SSSR count). The van der Waals surface area contributed by atoms with Gasteiger partial charge in [-0.05, 0) is 61.7 Å². The van der Waals surface area contributed by atoms with Crippen molar-refractivity contribution in [2.75, 3.05) is 13.1 Å². The fourth-order valence-corrected chi connectivity index (χ4v) is 5.55. The summed E-state index contributed by atoms with van der Waals surface area (Å²) in [6, 6.07) is 0.802. The number of fused-ring (bicyclic) bond motifs is 2. The van der Waals surface area contributed by atoms with E-state index < -0.39 is 0 Å². The Morgan fingerprint density at radius 1 is 0.960 bits per heavy atom. The normalized spacial score (nSPS) is 37.2. The lowest BCUT2D eigenvalue weighted by Crippen LogP contribution is -2.53. The second-order valence-corrected chi connectivity index (χ2v) is 9.66. The van der Waals surface area contributed by atoms with Crippen LogP contribution in [0.1, 0.15) is 65.7 Å². The van der Waals surface area contributed by atoms with Crippen molar-refractivity contribution in [3.63, 3.8) is 0 Å². The van der Waals surface area contributed by atoms with Gasteiger partial charge >= 0.3 is 6.03 Å². The molecule has 0 aromatic rings. The maximum absolute atomic E-state index is 12.8. The topological polar surface area (TPSA) is 61.4 Å². The van der Waals surface area contributed by atoms with Crippen molar-refractivity contribution in [2.45, 2.75) is 77.8 Å². The summed E-state index contributed by atoms with van der Waals surface area (Å²) in [6.07, 6.45) is 7.49. The molecule has 0 spiro atoms. The second kappa shape index (κ2) is 5.88.